The number of benzene rings is 2. The molecular formula is C33H40N2O9. The first kappa shape index (κ1) is 32.6. The summed E-state index contributed by atoms with van der Waals surface area (Å²) in [5, 5.41) is 24.6. The van der Waals surface area contributed by atoms with Gasteiger partial charge in [-0.05, 0) is 89.9 Å². The molecule has 5 N–H and O–H groups in total. The summed E-state index contributed by atoms with van der Waals surface area (Å²) >= 11 is 0. The molecule has 0 aliphatic carbocycles. The van der Waals surface area contributed by atoms with Crippen molar-refractivity contribution < 1.29 is 43.5 Å². The number of carbonyl (C=O) groups excluding carboxylic acids is 2. The highest BCUT2D eigenvalue weighted by Crippen LogP contribution is 2.47. The van der Waals surface area contributed by atoms with Crippen LogP contribution in [0, 0.1) is 0 Å². The highest BCUT2D eigenvalue weighted by Gasteiger charge is 2.67. The maximum Gasteiger partial charge on any atom is 0.405 e. The van der Waals surface area contributed by atoms with Crippen LogP contribution in [0.3, 0.4) is 0 Å². The number of phenols is 1. The normalized spacial score (nSPS) is 25.5. The SMILES string of the molecule is C=C1Oc2cc(O[C@@H]3OC(C)(C)[C@H](OC)[C@@](C)(OC(N)=O)[C@@]3(C)O)ccc2C=C1NC(=O)c1ccc(O)c(CC=C(C)C)c1. The van der Waals surface area contributed by atoms with Crippen LogP contribution in [0.1, 0.15) is 63.0 Å². The fourth-order valence-corrected chi connectivity index (χ4v) is 5.48. The number of nitrogens with one attached hydrogen (secondary N) is 1. The summed E-state index contributed by atoms with van der Waals surface area (Å²) < 4.78 is 29.2. The van der Waals surface area contributed by atoms with Crippen molar-refractivity contribution in [1.29, 1.82) is 0 Å². The zero-order chi connectivity index (χ0) is 32.6. The van der Waals surface area contributed by atoms with Crippen molar-refractivity contribution in [3.63, 3.8) is 0 Å². The van der Waals surface area contributed by atoms with E-state index in [-0.39, 0.29) is 17.3 Å². The first-order chi connectivity index (χ1) is 20.5. The molecule has 2 aliphatic rings. The lowest BCUT2D eigenvalue weighted by Gasteiger charge is -2.57. The maximum atomic E-state index is 13.1. The number of aliphatic hydroxyl groups is 1. The van der Waals surface area contributed by atoms with Crippen LogP contribution in [0.25, 0.3) is 6.08 Å². The number of hydrogen-bond donors (Lipinski definition) is 4. The number of aromatic hydroxyl groups is 1. The summed E-state index contributed by atoms with van der Waals surface area (Å²) in [4.78, 5) is 24.9. The number of rotatable bonds is 8. The van der Waals surface area contributed by atoms with Gasteiger partial charge < -0.3 is 44.9 Å². The van der Waals surface area contributed by atoms with Crippen LogP contribution in [0.4, 0.5) is 4.79 Å². The molecule has 11 nitrogen and oxygen atoms in total. The predicted molar refractivity (Wildman–Crippen MR) is 163 cm³/mol. The van der Waals surface area contributed by atoms with Gasteiger partial charge in [-0.2, -0.15) is 0 Å². The molecule has 0 aromatic heterocycles. The van der Waals surface area contributed by atoms with Gasteiger partial charge in [-0.3, -0.25) is 4.79 Å². The van der Waals surface area contributed by atoms with Crippen molar-refractivity contribution in [2.75, 3.05) is 7.11 Å². The van der Waals surface area contributed by atoms with Crippen molar-refractivity contribution >= 4 is 18.1 Å². The molecule has 236 valence electrons. The third kappa shape index (κ3) is 6.30. The minimum Gasteiger partial charge on any atom is -0.508 e. The molecule has 0 unspecified atom stereocenters. The third-order valence-electron chi connectivity index (χ3n) is 7.94. The molecule has 4 rings (SSSR count). The number of nitrogens with two attached hydrogens (primary N) is 1. The fourth-order valence-electron chi connectivity index (χ4n) is 5.48. The maximum absolute atomic E-state index is 13.1. The number of allylic oxidation sites excluding steroid dienone is 2. The summed E-state index contributed by atoms with van der Waals surface area (Å²) in [5.41, 5.74) is 3.84. The Morgan fingerprint density at radius 1 is 1.14 bits per heavy atom. The highest BCUT2D eigenvalue weighted by atomic mass is 16.7. The van der Waals surface area contributed by atoms with Gasteiger partial charge in [0.25, 0.3) is 5.91 Å². The van der Waals surface area contributed by atoms with Gasteiger partial charge in [0, 0.05) is 24.3 Å². The molecule has 1 saturated heterocycles. The zero-order valence-electron chi connectivity index (χ0n) is 26.0. The number of carbonyl (C=O) groups is 2. The second-order valence-electron chi connectivity index (χ2n) is 12.0. The first-order valence-electron chi connectivity index (χ1n) is 14.1. The lowest BCUT2D eigenvalue weighted by molar-refractivity contribution is -0.367. The smallest absolute Gasteiger partial charge is 0.405 e. The fraction of sp³-hybridized carbons (Fsp3) is 0.394. The topological polar surface area (TPSA) is 159 Å². The van der Waals surface area contributed by atoms with Gasteiger partial charge in [0.1, 0.15) is 29.1 Å². The van der Waals surface area contributed by atoms with Gasteiger partial charge >= 0.3 is 6.09 Å². The van der Waals surface area contributed by atoms with E-state index in [1.54, 1.807) is 50.3 Å². The van der Waals surface area contributed by atoms with Gasteiger partial charge in [-0.15, -0.1) is 0 Å². The lowest BCUT2D eigenvalue weighted by Crippen LogP contribution is -2.77. The number of primary amides is 1. The first-order valence-corrected chi connectivity index (χ1v) is 14.1. The van der Waals surface area contributed by atoms with Gasteiger partial charge in [0.2, 0.25) is 6.29 Å². The molecule has 0 spiro atoms. The molecule has 11 heteroatoms. The second kappa shape index (κ2) is 12.0. The van der Waals surface area contributed by atoms with Crippen LogP contribution in [0.2, 0.25) is 0 Å². The quantitative estimate of drug-likeness (QED) is 0.311. The van der Waals surface area contributed by atoms with Crippen LogP contribution >= 0.6 is 0 Å². The minimum atomic E-state index is -1.91. The van der Waals surface area contributed by atoms with Gasteiger partial charge in [-0.25, -0.2) is 4.79 Å². The number of phenolic OH excluding ortho intramolecular Hbond substituents is 1. The number of hydrogen-bond acceptors (Lipinski definition) is 9. The van der Waals surface area contributed by atoms with Crippen molar-refractivity contribution in [3.05, 3.63) is 82.8 Å². The van der Waals surface area contributed by atoms with Crippen molar-refractivity contribution in [1.82, 2.24) is 5.32 Å². The van der Waals surface area contributed by atoms with Crippen LogP contribution in [0.15, 0.2) is 66.1 Å². The van der Waals surface area contributed by atoms with E-state index >= 15 is 0 Å². The molecule has 2 heterocycles. The van der Waals surface area contributed by atoms with E-state index in [0.717, 1.165) is 5.57 Å². The summed E-state index contributed by atoms with van der Waals surface area (Å²) in [6.45, 7) is 14.2. The molecule has 4 atom stereocenters. The molecule has 2 aliphatic heterocycles. The van der Waals surface area contributed by atoms with E-state index in [1.807, 2.05) is 19.9 Å². The molecule has 2 aromatic carbocycles. The van der Waals surface area contributed by atoms with E-state index in [1.165, 1.54) is 27.0 Å². The Bertz CT molecular complexity index is 1540. The summed E-state index contributed by atoms with van der Waals surface area (Å²) in [5.74, 6) is 0.586. The van der Waals surface area contributed by atoms with Gasteiger partial charge in [0.15, 0.2) is 11.2 Å². The van der Waals surface area contributed by atoms with Gasteiger partial charge in [0.05, 0.1) is 11.3 Å². The molecule has 0 bridgehead atoms. The van der Waals surface area contributed by atoms with Crippen molar-refractivity contribution in [3.8, 4) is 17.2 Å². The van der Waals surface area contributed by atoms with E-state index in [9.17, 15) is 19.8 Å². The van der Waals surface area contributed by atoms with E-state index in [4.69, 9.17) is 29.4 Å². The lowest BCUT2D eigenvalue weighted by atomic mass is 9.72. The van der Waals surface area contributed by atoms with E-state index in [0.29, 0.717) is 34.6 Å². The summed E-state index contributed by atoms with van der Waals surface area (Å²) in [6, 6.07) is 9.62. The number of methoxy groups -OCH3 is 1. The van der Waals surface area contributed by atoms with Crippen LogP contribution in [0.5, 0.6) is 17.2 Å². The third-order valence-corrected chi connectivity index (χ3v) is 7.94. The van der Waals surface area contributed by atoms with Crippen LogP contribution < -0.4 is 20.5 Å². The Labute approximate surface area is 256 Å². The molecule has 1 fully saturated rings. The number of amides is 2. The van der Waals surface area contributed by atoms with Crippen molar-refractivity contribution in [2.45, 2.75) is 77.2 Å². The minimum absolute atomic E-state index is 0.114. The summed E-state index contributed by atoms with van der Waals surface area (Å²) in [6.07, 6.45) is 0.889. The van der Waals surface area contributed by atoms with Crippen LogP contribution in [-0.2, 0) is 20.6 Å². The Balaban J connectivity index is 1.56. The molecule has 44 heavy (non-hydrogen) atoms. The van der Waals surface area contributed by atoms with E-state index in [2.05, 4.69) is 11.9 Å². The number of fused-ring (bicyclic) bond motifs is 1. The largest absolute Gasteiger partial charge is 0.508 e. The second-order valence-corrected chi connectivity index (χ2v) is 12.0. The zero-order valence-corrected chi connectivity index (χ0v) is 26.0. The Kier molecular flexibility index (Phi) is 8.88. The molecular weight excluding hydrogens is 568 g/mol. The van der Waals surface area contributed by atoms with Gasteiger partial charge in [-0.1, -0.05) is 18.2 Å². The average molecular weight is 609 g/mol. The standard InChI is InChI=1S/C33H40N2O9/c1-18(2)9-10-20-15-22(12-14-25(20)36)27(37)35-24-16-21-11-13-23(17-26(21)41-19(24)3)42-29-32(6,39)33(7,44-30(34)38)28(40-8)31(4,5)43-29/h9,11-17,28-29,36,39H,3,10H2,1-2,4-8H3,(H2,34,38)(H,35,37)/t28-,29+,32-,33+/m0/s1. The van der Waals surface area contributed by atoms with E-state index < -0.39 is 41.2 Å². The molecule has 0 saturated carbocycles. The Morgan fingerprint density at radius 2 is 1.84 bits per heavy atom. The Hall–Kier alpha value is -4.32. The van der Waals surface area contributed by atoms with Crippen LogP contribution in [-0.4, -0.2) is 58.5 Å². The Morgan fingerprint density at radius 3 is 2.48 bits per heavy atom. The molecule has 0 radical (unpaired) electrons. The molecule has 2 amide bonds. The summed E-state index contributed by atoms with van der Waals surface area (Å²) in [7, 11) is 1.42. The molecule has 2 aromatic rings. The average Bonchev–Trinajstić information content (AvgIpc) is 2.91. The van der Waals surface area contributed by atoms with Crippen molar-refractivity contribution in [2.24, 2.45) is 5.73 Å². The monoisotopic (exact) mass is 608 g/mol. The predicted octanol–water partition coefficient (Wildman–Crippen LogP) is 4.71. The number of ether oxygens (including phenoxy) is 5. The highest BCUT2D eigenvalue weighted by molar-refractivity contribution is 5.97.